The van der Waals surface area contributed by atoms with Crippen molar-refractivity contribution in [1.82, 2.24) is 10.6 Å². The molecule has 0 aromatic heterocycles. The molecular weight excluding hydrogens is 358 g/mol. The largest absolute Gasteiger partial charge is 0.493 e. The summed E-state index contributed by atoms with van der Waals surface area (Å²) in [4.78, 5) is 35.4. The van der Waals surface area contributed by atoms with E-state index >= 15 is 0 Å². The van der Waals surface area contributed by atoms with E-state index in [9.17, 15) is 19.7 Å². The maximum atomic E-state index is 12.4. The third-order valence-corrected chi connectivity index (χ3v) is 3.88. The highest BCUT2D eigenvalue weighted by Crippen LogP contribution is 2.40. The van der Waals surface area contributed by atoms with Gasteiger partial charge in [0, 0.05) is 5.70 Å². The zero-order chi connectivity index (χ0) is 20.1. The fourth-order valence-corrected chi connectivity index (χ4v) is 2.79. The Hall–Kier alpha value is -3.30. The van der Waals surface area contributed by atoms with E-state index in [2.05, 4.69) is 10.6 Å². The summed E-state index contributed by atoms with van der Waals surface area (Å²) in [6.07, 6.45) is 0. The number of nitro benzene ring substituents is 1. The number of amides is 2. The fraction of sp³-hybridized carbons (Fsp3) is 0.412. The minimum atomic E-state index is -1.08. The van der Waals surface area contributed by atoms with Crippen LogP contribution in [-0.2, 0) is 9.53 Å². The molecule has 1 aliphatic rings. The van der Waals surface area contributed by atoms with Crippen LogP contribution in [0.3, 0.4) is 0 Å². The lowest BCUT2D eigenvalue weighted by molar-refractivity contribution is -0.385. The third kappa shape index (κ3) is 4.10. The number of hydrogen-bond acceptors (Lipinski definition) is 7. The Kier molecular flexibility index (Phi) is 6.22. The molecule has 2 rings (SSSR count). The van der Waals surface area contributed by atoms with Crippen LogP contribution in [0, 0.1) is 10.1 Å². The third-order valence-electron chi connectivity index (χ3n) is 3.88. The Morgan fingerprint density at radius 3 is 2.52 bits per heavy atom. The van der Waals surface area contributed by atoms with E-state index in [1.54, 1.807) is 13.8 Å². The quantitative estimate of drug-likeness (QED) is 0.422. The number of nitro groups is 1. The average molecular weight is 379 g/mol. The molecule has 0 radical (unpaired) electrons. The molecule has 1 aromatic rings. The van der Waals surface area contributed by atoms with E-state index in [1.807, 2.05) is 0 Å². The highest BCUT2D eigenvalue weighted by molar-refractivity contribution is 5.95. The van der Waals surface area contributed by atoms with Crippen molar-refractivity contribution in [3.05, 3.63) is 39.1 Å². The highest BCUT2D eigenvalue weighted by Gasteiger charge is 2.37. The first-order chi connectivity index (χ1) is 12.8. The molecule has 2 amide bonds. The van der Waals surface area contributed by atoms with Gasteiger partial charge >= 0.3 is 12.0 Å². The summed E-state index contributed by atoms with van der Waals surface area (Å²) >= 11 is 0. The number of carbonyl (C=O) groups is 2. The number of nitrogens with one attached hydrogen (secondary N) is 2. The number of urea groups is 1. The summed E-state index contributed by atoms with van der Waals surface area (Å²) in [5, 5.41) is 16.6. The van der Waals surface area contributed by atoms with Crippen molar-refractivity contribution in [3.8, 4) is 11.5 Å². The SMILES string of the molecule is CCOC(=O)C1=C(C)NC(=O)NC1c1cc(OCC)c(OC)cc1[N+](=O)[O-]. The Labute approximate surface area is 155 Å². The molecule has 27 heavy (non-hydrogen) atoms. The molecule has 1 atom stereocenters. The Morgan fingerprint density at radius 2 is 1.96 bits per heavy atom. The van der Waals surface area contributed by atoms with Crippen molar-refractivity contribution in [2.24, 2.45) is 0 Å². The molecule has 1 aromatic carbocycles. The van der Waals surface area contributed by atoms with Crippen molar-refractivity contribution in [3.63, 3.8) is 0 Å². The topological polar surface area (TPSA) is 129 Å². The van der Waals surface area contributed by atoms with Gasteiger partial charge in [0.1, 0.15) is 0 Å². The van der Waals surface area contributed by atoms with Crippen LogP contribution in [0.1, 0.15) is 32.4 Å². The standard InChI is InChI=1S/C17H21N3O7/c1-5-26-13-7-10(11(20(23)24)8-12(13)25-4)15-14(16(21)27-6-2)9(3)18-17(22)19-15/h7-8,15H,5-6H2,1-4H3,(H2,18,19,22). The molecule has 0 bridgehead atoms. The molecule has 0 spiro atoms. The number of methoxy groups -OCH3 is 1. The van der Waals surface area contributed by atoms with Gasteiger partial charge in [-0.3, -0.25) is 10.1 Å². The van der Waals surface area contributed by atoms with E-state index < -0.39 is 23.0 Å². The predicted molar refractivity (Wildman–Crippen MR) is 94.6 cm³/mol. The van der Waals surface area contributed by atoms with Crippen molar-refractivity contribution < 1.29 is 28.7 Å². The van der Waals surface area contributed by atoms with Crippen LogP contribution >= 0.6 is 0 Å². The van der Waals surface area contributed by atoms with E-state index in [4.69, 9.17) is 14.2 Å². The van der Waals surface area contributed by atoms with Gasteiger partial charge in [0.15, 0.2) is 11.5 Å². The van der Waals surface area contributed by atoms with Gasteiger partial charge in [-0.25, -0.2) is 9.59 Å². The average Bonchev–Trinajstić information content (AvgIpc) is 2.60. The summed E-state index contributed by atoms with van der Waals surface area (Å²) in [5.41, 5.74) is 0.0936. The van der Waals surface area contributed by atoms with Gasteiger partial charge in [-0.1, -0.05) is 0 Å². The van der Waals surface area contributed by atoms with Crippen LogP contribution in [0.15, 0.2) is 23.4 Å². The minimum absolute atomic E-state index is 0.0761. The van der Waals surface area contributed by atoms with Crippen LogP contribution in [0.5, 0.6) is 11.5 Å². The lowest BCUT2D eigenvalue weighted by Crippen LogP contribution is -2.45. The maximum absolute atomic E-state index is 12.4. The number of carbonyl (C=O) groups excluding carboxylic acids is 2. The van der Waals surface area contributed by atoms with E-state index in [0.717, 1.165) is 0 Å². The molecule has 2 N–H and O–H groups in total. The second-order valence-electron chi connectivity index (χ2n) is 5.54. The second-order valence-corrected chi connectivity index (χ2v) is 5.54. The molecule has 1 aliphatic heterocycles. The molecule has 1 heterocycles. The van der Waals surface area contributed by atoms with Gasteiger partial charge in [-0.05, 0) is 26.8 Å². The lowest BCUT2D eigenvalue weighted by atomic mass is 9.93. The Bertz CT molecular complexity index is 804. The summed E-state index contributed by atoms with van der Waals surface area (Å²) < 4.78 is 15.7. The van der Waals surface area contributed by atoms with Gasteiger partial charge in [0.2, 0.25) is 0 Å². The number of rotatable bonds is 7. The van der Waals surface area contributed by atoms with Crippen LogP contribution in [-0.4, -0.2) is 37.2 Å². The van der Waals surface area contributed by atoms with Crippen LogP contribution in [0.2, 0.25) is 0 Å². The number of esters is 1. The monoisotopic (exact) mass is 379 g/mol. The molecule has 0 fully saturated rings. The first kappa shape index (κ1) is 20.0. The number of nitrogens with zero attached hydrogens (tertiary/aromatic N) is 1. The Balaban J connectivity index is 2.69. The Morgan fingerprint density at radius 1 is 1.26 bits per heavy atom. The van der Waals surface area contributed by atoms with Gasteiger partial charge in [-0.15, -0.1) is 0 Å². The van der Waals surface area contributed by atoms with Crippen molar-refractivity contribution >= 4 is 17.7 Å². The summed E-state index contributed by atoms with van der Waals surface area (Å²) in [7, 11) is 1.36. The predicted octanol–water partition coefficient (Wildman–Crippen LogP) is 2.19. The van der Waals surface area contributed by atoms with Crippen LogP contribution in [0.4, 0.5) is 10.5 Å². The summed E-state index contributed by atoms with van der Waals surface area (Å²) in [6, 6.07) is 0.924. The molecule has 146 valence electrons. The van der Waals surface area contributed by atoms with Crippen molar-refractivity contribution in [2.75, 3.05) is 20.3 Å². The zero-order valence-electron chi connectivity index (χ0n) is 15.5. The molecule has 0 aliphatic carbocycles. The number of benzene rings is 1. The second kappa shape index (κ2) is 8.39. The maximum Gasteiger partial charge on any atom is 0.338 e. The van der Waals surface area contributed by atoms with Gasteiger partial charge in [0.25, 0.3) is 5.69 Å². The molecular formula is C17H21N3O7. The zero-order valence-corrected chi connectivity index (χ0v) is 15.5. The normalized spacial score (nSPS) is 16.3. The van der Waals surface area contributed by atoms with E-state index in [-0.39, 0.29) is 40.6 Å². The van der Waals surface area contributed by atoms with E-state index in [1.165, 1.54) is 26.2 Å². The van der Waals surface area contributed by atoms with Gasteiger partial charge < -0.3 is 24.8 Å². The van der Waals surface area contributed by atoms with Gasteiger partial charge in [-0.2, -0.15) is 0 Å². The lowest BCUT2D eigenvalue weighted by Gasteiger charge is -2.28. The molecule has 10 nitrogen and oxygen atoms in total. The molecule has 10 heteroatoms. The van der Waals surface area contributed by atoms with Gasteiger partial charge in [0.05, 0.1) is 48.5 Å². The van der Waals surface area contributed by atoms with E-state index in [0.29, 0.717) is 6.61 Å². The first-order valence-corrected chi connectivity index (χ1v) is 8.28. The summed E-state index contributed by atoms with van der Waals surface area (Å²) in [6.45, 7) is 5.33. The van der Waals surface area contributed by atoms with Crippen LogP contribution < -0.4 is 20.1 Å². The number of ether oxygens (including phenoxy) is 3. The van der Waals surface area contributed by atoms with Crippen molar-refractivity contribution in [2.45, 2.75) is 26.8 Å². The first-order valence-electron chi connectivity index (χ1n) is 8.28. The minimum Gasteiger partial charge on any atom is -0.493 e. The molecule has 1 unspecified atom stereocenters. The highest BCUT2D eigenvalue weighted by atomic mass is 16.6. The van der Waals surface area contributed by atoms with Crippen LogP contribution in [0.25, 0.3) is 0 Å². The molecule has 0 saturated heterocycles. The number of allylic oxidation sites excluding steroid dienone is 1. The molecule has 0 saturated carbocycles. The summed E-state index contributed by atoms with van der Waals surface area (Å²) in [5.74, 6) is -0.254. The fourth-order valence-electron chi connectivity index (χ4n) is 2.79. The van der Waals surface area contributed by atoms with Crippen molar-refractivity contribution in [1.29, 1.82) is 0 Å². The number of hydrogen-bond donors (Lipinski definition) is 2. The smallest absolute Gasteiger partial charge is 0.338 e.